The van der Waals surface area contributed by atoms with Gasteiger partial charge in [0.25, 0.3) is 5.91 Å². The number of likely N-dealkylation sites (tertiary alicyclic amines) is 1. The third kappa shape index (κ3) is 3.09. The van der Waals surface area contributed by atoms with Crippen LogP contribution in [-0.2, 0) is 0 Å². The number of carbonyl (C=O) groups is 1. The Balaban J connectivity index is 2.08. The molecular weight excluding hydrogens is 296 g/mol. The van der Waals surface area contributed by atoms with Gasteiger partial charge >= 0.3 is 0 Å². The van der Waals surface area contributed by atoms with Gasteiger partial charge < -0.3 is 10.0 Å². The molecule has 5 heteroatoms. The average molecular weight is 313 g/mol. The molecule has 1 saturated heterocycles. The first-order chi connectivity index (χ1) is 8.72. The molecule has 1 unspecified atom stereocenters. The standard InChI is InChI=1S/C13H17BrN2O2/c14-11-7-10(8-15-9-11)13(18)16-5-1-3-12(16)4-2-6-17/h7-9,12,17H,1-6H2. The van der Waals surface area contributed by atoms with Gasteiger partial charge in [0.15, 0.2) is 0 Å². The van der Waals surface area contributed by atoms with E-state index in [4.69, 9.17) is 5.11 Å². The average Bonchev–Trinajstić information content (AvgIpc) is 2.83. The van der Waals surface area contributed by atoms with Crippen molar-refractivity contribution in [1.29, 1.82) is 0 Å². The van der Waals surface area contributed by atoms with Crippen LogP contribution in [-0.4, -0.2) is 40.1 Å². The summed E-state index contributed by atoms with van der Waals surface area (Å²) >= 11 is 3.33. The van der Waals surface area contributed by atoms with Crippen molar-refractivity contribution in [3.8, 4) is 0 Å². The summed E-state index contributed by atoms with van der Waals surface area (Å²) in [4.78, 5) is 18.3. The van der Waals surface area contributed by atoms with Crippen molar-refractivity contribution in [2.24, 2.45) is 0 Å². The number of hydrogen-bond donors (Lipinski definition) is 1. The van der Waals surface area contributed by atoms with Crippen molar-refractivity contribution < 1.29 is 9.90 Å². The lowest BCUT2D eigenvalue weighted by molar-refractivity contribution is 0.0724. The van der Waals surface area contributed by atoms with Crippen LogP contribution in [0.4, 0.5) is 0 Å². The number of carbonyl (C=O) groups excluding carboxylic acids is 1. The van der Waals surface area contributed by atoms with Gasteiger partial charge in [-0.1, -0.05) is 0 Å². The molecule has 1 aliphatic rings. The van der Waals surface area contributed by atoms with Crippen LogP contribution >= 0.6 is 15.9 Å². The number of amides is 1. The van der Waals surface area contributed by atoms with E-state index in [2.05, 4.69) is 20.9 Å². The molecule has 0 aliphatic carbocycles. The summed E-state index contributed by atoms with van der Waals surface area (Å²) in [6.07, 6.45) is 6.99. The van der Waals surface area contributed by atoms with E-state index < -0.39 is 0 Å². The first-order valence-electron chi connectivity index (χ1n) is 6.24. The van der Waals surface area contributed by atoms with Crippen LogP contribution in [0.1, 0.15) is 36.0 Å². The second kappa shape index (κ2) is 6.29. The van der Waals surface area contributed by atoms with Crippen LogP contribution in [0.2, 0.25) is 0 Å². The van der Waals surface area contributed by atoms with E-state index in [-0.39, 0.29) is 18.6 Å². The Morgan fingerprint density at radius 1 is 1.56 bits per heavy atom. The lowest BCUT2D eigenvalue weighted by atomic mass is 10.1. The predicted molar refractivity (Wildman–Crippen MR) is 72.3 cm³/mol. The summed E-state index contributed by atoms with van der Waals surface area (Å²) in [6, 6.07) is 2.07. The monoisotopic (exact) mass is 312 g/mol. The van der Waals surface area contributed by atoms with E-state index in [1.54, 1.807) is 18.5 Å². The molecule has 1 aromatic heterocycles. The molecule has 0 saturated carbocycles. The smallest absolute Gasteiger partial charge is 0.255 e. The highest BCUT2D eigenvalue weighted by molar-refractivity contribution is 9.10. The first-order valence-corrected chi connectivity index (χ1v) is 7.04. The molecule has 18 heavy (non-hydrogen) atoms. The van der Waals surface area contributed by atoms with Crippen molar-refractivity contribution in [1.82, 2.24) is 9.88 Å². The maximum absolute atomic E-state index is 12.4. The number of aliphatic hydroxyl groups excluding tert-OH is 1. The number of aromatic nitrogens is 1. The van der Waals surface area contributed by atoms with Gasteiger partial charge in [-0.25, -0.2) is 0 Å². The van der Waals surface area contributed by atoms with Crippen molar-refractivity contribution in [3.05, 3.63) is 28.5 Å². The molecule has 2 heterocycles. The summed E-state index contributed by atoms with van der Waals surface area (Å²) in [7, 11) is 0. The molecule has 1 amide bonds. The van der Waals surface area contributed by atoms with Crippen molar-refractivity contribution in [3.63, 3.8) is 0 Å². The summed E-state index contributed by atoms with van der Waals surface area (Å²) in [5.74, 6) is 0.0456. The van der Waals surface area contributed by atoms with Gasteiger partial charge in [-0.2, -0.15) is 0 Å². The number of halogens is 1. The highest BCUT2D eigenvalue weighted by Gasteiger charge is 2.28. The molecule has 0 radical (unpaired) electrons. The number of pyridine rings is 1. The van der Waals surface area contributed by atoms with Gasteiger partial charge in [0.05, 0.1) is 5.56 Å². The van der Waals surface area contributed by atoms with Crippen LogP contribution in [0.5, 0.6) is 0 Å². The highest BCUT2D eigenvalue weighted by Crippen LogP contribution is 2.24. The van der Waals surface area contributed by atoms with Gasteiger partial charge in [0.1, 0.15) is 0 Å². The zero-order valence-electron chi connectivity index (χ0n) is 10.2. The fraction of sp³-hybridized carbons (Fsp3) is 0.538. The Morgan fingerprint density at radius 3 is 3.11 bits per heavy atom. The predicted octanol–water partition coefficient (Wildman–Crippen LogP) is 2.22. The topological polar surface area (TPSA) is 53.4 Å². The molecule has 1 N–H and O–H groups in total. The summed E-state index contributed by atoms with van der Waals surface area (Å²) in [5.41, 5.74) is 0.625. The SMILES string of the molecule is O=C(c1cncc(Br)c1)N1CCCC1CCCO. The Labute approximate surface area is 115 Å². The maximum atomic E-state index is 12.4. The minimum atomic E-state index is 0.0456. The van der Waals surface area contributed by atoms with Gasteiger partial charge in [-0.05, 0) is 47.7 Å². The second-order valence-corrected chi connectivity index (χ2v) is 5.47. The molecule has 0 spiro atoms. The molecule has 0 aromatic carbocycles. The molecule has 2 rings (SSSR count). The molecule has 0 bridgehead atoms. The van der Waals surface area contributed by atoms with E-state index in [1.807, 2.05) is 4.90 Å². The van der Waals surface area contributed by atoms with Gasteiger partial charge in [-0.15, -0.1) is 0 Å². The fourth-order valence-corrected chi connectivity index (χ4v) is 2.79. The minimum absolute atomic E-state index is 0.0456. The maximum Gasteiger partial charge on any atom is 0.255 e. The Bertz CT molecular complexity index is 425. The second-order valence-electron chi connectivity index (χ2n) is 4.55. The zero-order valence-corrected chi connectivity index (χ0v) is 11.8. The van der Waals surface area contributed by atoms with E-state index in [9.17, 15) is 4.79 Å². The minimum Gasteiger partial charge on any atom is -0.396 e. The highest BCUT2D eigenvalue weighted by atomic mass is 79.9. The van der Waals surface area contributed by atoms with E-state index in [0.29, 0.717) is 5.56 Å². The van der Waals surface area contributed by atoms with Crippen LogP contribution < -0.4 is 0 Å². The Hall–Kier alpha value is -0.940. The van der Waals surface area contributed by atoms with E-state index >= 15 is 0 Å². The van der Waals surface area contributed by atoms with Crippen molar-refractivity contribution in [2.45, 2.75) is 31.7 Å². The van der Waals surface area contributed by atoms with Crippen LogP contribution in [0.3, 0.4) is 0 Å². The number of aliphatic hydroxyl groups is 1. The lowest BCUT2D eigenvalue weighted by Gasteiger charge is -2.24. The summed E-state index contributed by atoms with van der Waals surface area (Å²) in [6.45, 7) is 0.998. The van der Waals surface area contributed by atoms with E-state index in [0.717, 1.165) is 36.7 Å². The normalized spacial score (nSPS) is 19.2. The zero-order chi connectivity index (χ0) is 13.0. The fourth-order valence-electron chi connectivity index (χ4n) is 2.42. The number of nitrogens with zero attached hydrogens (tertiary/aromatic N) is 2. The third-order valence-corrected chi connectivity index (χ3v) is 3.72. The van der Waals surface area contributed by atoms with Gasteiger partial charge in [-0.3, -0.25) is 9.78 Å². The summed E-state index contributed by atoms with van der Waals surface area (Å²) in [5, 5.41) is 8.89. The number of rotatable bonds is 4. The van der Waals surface area contributed by atoms with Crippen LogP contribution in [0.25, 0.3) is 0 Å². The Kier molecular flexibility index (Phi) is 4.72. The first kappa shape index (κ1) is 13.5. The quantitative estimate of drug-likeness (QED) is 0.927. The van der Waals surface area contributed by atoms with Gasteiger partial charge in [0.2, 0.25) is 0 Å². The third-order valence-electron chi connectivity index (χ3n) is 3.29. The molecule has 1 fully saturated rings. The molecule has 1 aromatic rings. The lowest BCUT2D eigenvalue weighted by Crippen LogP contribution is -2.35. The largest absolute Gasteiger partial charge is 0.396 e. The van der Waals surface area contributed by atoms with Crippen LogP contribution in [0, 0.1) is 0 Å². The van der Waals surface area contributed by atoms with Crippen molar-refractivity contribution in [2.75, 3.05) is 13.2 Å². The Morgan fingerprint density at radius 2 is 2.39 bits per heavy atom. The van der Waals surface area contributed by atoms with Gasteiger partial charge in [0, 0.05) is 36.1 Å². The molecular formula is C13H17BrN2O2. The van der Waals surface area contributed by atoms with Crippen LogP contribution in [0.15, 0.2) is 22.9 Å². The molecule has 98 valence electrons. The molecule has 1 aliphatic heterocycles. The molecule has 1 atom stereocenters. The van der Waals surface area contributed by atoms with Crippen molar-refractivity contribution >= 4 is 21.8 Å². The molecule has 4 nitrogen and oxygen atoms in total. The van der Waals surface area contributed by atoms with E-state index in [1.165, 1.54) is 0 Å². The summed E-state index contributed by atoms with van der Waals surface area (Å²) < 4.78 is 0.819. The number of hydrogen-bond acceptors (Lipinski definition) is 3.